The average molecular weight is 852 g/mol. The lowest BCUT2D eigenvalue weighted by Gasteiger charge is -2.17. The number of hydrogen-bond acceptors (Lipinski definition) is 4. The van der Waals surface area contributed by atoms with Gasteiger partial charge in [-0.05, 0) is 42.4 Å². The first kappa shape index (κ1) is 42.9. The number of nitrogens with zero attached hydrogens (tertiary/aromatic N) is 4. The fourth-order valence-electron chi connectivity index (χ4n) is 5.89. The molecule has 0 N–H and O–H groups in total. The summed E-state index contributed by atoms with van der Waals surface area (Å²) in [5, 5.41) is 2.52. The van der Waals surface area contributed by atoms with Gasteiger partial charge in [0.05, 0.1) is 16.4 Å². The van der Waals surface area contributed by atoms with Crippen molar-refractivity contribution in [2.75, 3.05) is 13.2 Å². The molecule has 0 spiro atoms. The van der Waals surface area contributed by atoms with Crippen LogP contribution in [0.25, 0.3) is 44.6 Å². The van der Waals surface area contributed by atoms with E-state index in [4.69, 9.17) is 44.3 Å². The van der Waals surface area contributed by atoms with Crippen LogP contribution in [-0.2, 0) is 22.9 Å². The molecule has 0 aliphatic heterocycles. The maximum absolute atomic E-state index is 13.6. The van der Waals surface area contributed by atoms with Gasteiger partial charge in [0.2, 0.25) is 0 Å². The summed E-state index contributed by atoms with van der Waals surface area (Å²) >= 11 is 18.8. The lowest BCUT2D eigenvalue weighted by Crippen LogP contribution is -2.22. The van der Waals surface area contributed by atoms with Gasteiger partial charge >= 0.3 is 0 Å². The van der Waals surface area contributed by atoms with E-state index in [2.05, 4.69) is 49.3 Å². The van der Waals surface area contributed by atoms with E-state index in [1.807, 2.05) is 16.7 Å². The average Bonchev–Trinajstić information content (AvgIpc) is 3.61. The van der Waals surface area contributed by atoms with Gasteiger partial charge < -0.3 is 14.0 Å². The first-order chi connectivity index (χ1) is 25.9. The quantitative estimate of drug-likeness (QED) is 0.0474. The van der Waals surface area contributed by atoms with Crippen LogP contribution in [0.2, 0.25) is 66.7 Å². The summed E-state index contributed by atoms with van der Waals surface area (Å²) < 4.78 is 69.6. The van der Waals surface area contributed by atoms with Crippen molar-refractivity contribution in [3.05, 3.63) is 105 Å². The van der Waals surface area contributed by atoms with Crippen molar-refractivity contribution in [3.63, 3.8) is 0 Å². The van der Waals surface area contributed by atoms with Gasteiger partial charge in [-0.2, -0.15) is 0 Å². The van der Waals surface area contributed by atoms with Gasteiger partial charge in [-0.1, -0.05) is 123 Å². The smallest absolute Gasteiger partial charge is 0.264 e. The van der Waals surface area contributed by atoms with Crippen LogP contribution in [0.15, 0.2) is 78.9 Å². The highest BCUT2D eigenvalue weighted by molar-refractivity contribution is 6.76. The second kappa shape index (κ2) is 18.4. The first-order valence-corrected chi connectivity index (χ1v) is 26.4. The zero-order valence-corrected chi connectivity index (χ0v) is 35.9. The third-order valence-corrected chi connectivity index (χ3v) is 13.1. The number of benzene rings is 2. The Morgan fingerprint density at radius 1 is 0.618 bits per heavy atom. The molecule has 0 aliphatic rings. The number of rotatable bonds is 14. The van der Waals surface area contributed by atoms with Gasteiger partial charge in [0.25, 0.3) is 12.9 Å². The minimum Gasteiger partial charge on any atom is -0.361 e. The molecule has 0 aliphatic carbocycles. The van der Waals surface area contributed by atoms with Crippen molar-refractivity contribution in [2.24, 2.45) is 0 Å². The lowest BCUT2D eigenvalue weighted by molar-refractivity contribution is 0.0907. The number of halogens is 7. The Morgan fingerprint density at radius 3 is 1.67 bits per heavy atom. The fourth-order valence-corrected chi connectivity index (χ4v) is 8.04. The van der Waals surface area contributed by atoms with E-state index in [0.29, 0.717) is 67.7 Å². The molecular weight excluding hydrogens is 807 g/mol. The first-order valence-electron chi connectivity index (χ1n) is 17.9. The molecule has 6 aromatic rings. The molecule has 0 amide bonds. The van der Waals surface area contributed by atoms with Gasteiger partial charge in [0.1, 0.15) is 35.1 Å². The van der Waals surface area contributed by atoms with E-state index in [-0.39, 0.29) is 24.6 Å². The minimum absolute atomic E-state index is 0.00486. The van der Waals surface area contributed by atoms with Crippen LogP contribution >= 0.6 is 34.8 Å². The summed E-state index contributed by atoms with van der Waals surface area (Å²) in [5.41, 5.74) is 3.04. The molecule has 0 saturated heterocycles. The van der Waals surface area contributed by atoms with E-state index >= 15 is 0 Å². The van der Waals surface area contributed by atoms with Gasteiger partial charge in [-0.3, -0.25) is 4.57 Å². The zero-order valence-electron chi connectivity index (χ0n) is 31.7. The number of pyridine rings is 2. The Hall–Kier alpha value is -3.24. The molecule has 4 heterocycles. The SMILES string of the molecule is C[Si](C)(C)CCOCn1c(-c2ccccc2C(F)F)c(Cl)c2ccc(Cl)nc21.C[Si](C)(C)CCOCn1c(-c2ccccc2C(F)F)cc2ccc(Cl)nc21. The Kier molecular flexibility index (Phi) is 14.3. The lowest BCUT2D eigenvalue weighted by atomic mass is 10.0. The van der Waals surface area contributed by atoms with Crippen molar-refractivity contribution in [3.8, 4) is 22.5 Å². The van der Waals surface area contributed by atoms with Crippen molar-refractivity contribution in [1.82, 2.24) is 19.1 Å². The van der Waals surface area contributed by atoms with Crippen LogP contribution < -0.4 is 0 Å². The Bertz CT molecular complexity index is 2240. The van der Waals surface area contributed by atoms with Gasteiger partial charge in [-0.25, -0.2) is 27.5 Å². The number of ether oxygens (including phenoxy) is 2. The molecule has 6 rings (SSSR count). The van der Waals surface area contributed by atoms with Crippen LogP contribution in [-0.4, -0.2) is 48.5 Å². The van der Waals surface area contributed by atoms with E-state index in [1.165, 1.54) is 12.1 Å². The molecule has 0 unspecified atom stereocenters. The molecule has 294 valence electrons. The summed E-state index contributed by atoms with van der Waals surface area (Å²) in [6.07, 6.45) is -5.18. The summed E-state index contributed by atoms with van der Waals surface area (Å²) in [6.45, 7) is 15.3. The maximum atomic E-state index is 13.6. The topological polar surface area (TPSA) is 54.1 Å². The molecule has 2 aromatic carbocycles. The molecule has 0 bridgehead atoms. The normalized spacial score (nSPS) is 12.3. The molecule has 0 saturated carbocycles. The summed E-state index contributed by atoms with van der Waals surface area (Å²) in [5.74, 6) is 0. The molecule has 4 aromatic heterocycles. The van der Waals surface area contributed by atoms with E-state index in [1.54, 1.807) is 59.2 Å². The van der Waals surface area contributed by atoms with Crippen LogP contribution in [0.1, 0.15) is 24.0 Å². The van der Waals surface area contributed by atoms with Crippen molar-refractivity contribution in [1.29, 1.82) is 0 Å². The summed E-state index contributed by atoms with van der Waals surface area (Å²) in [4.78, 5) is 8.76. The Morgan fingerprint density at radius 2 is 1.11 bits per heavy atom. The van der Waals surface area contributed by atoms with Crippen molar-refractivity contribution < 1.29 is 27.0 Å². The monoisotopic (exact) mass is 850 g/mol. The number of hydrogen-bond donors (Lipinski definition) is 0. The van der Waals surface area contributed by atoms with E-state index < -0.39 is 29.0 Å². The van der Waals surface area contributed by atoms with Crippen LogP contribution in [0, 0.1) is 0 Å². The maximum Gasteiger partial charge on any atom is 0.264 e. The number of aromatic nitrogens is 4. The third kappa shape index (κ3) is 11.0. The van der Waals surface area contributed by atoms with Crippen LogP contribution in [0.4, 0.5) is 17.6 Å². The standard InChI is InChI=1S/C20H22Cl2F2N2OSi.C20H23ClF2N2OSi/c1-28(2,3)11-10-27-12-26-18(13-6-4-5-7-14(13)19(23)24)17(22)15-8-9-16(21)25-20(15)26;1-27(2,3)11-10-26-13-25-17(12-14-8-9-18(21)24-20(14)25)15-6-4-5-7-16(15)19(22)23/h4-9,19H,10-12H2,1-3H3;4-9,12,19H,10-11,13H2,1-3H3. The number of alkyl halides is 4. The second-order valence-corrected chi connectivity index (χ2v) is 28.0. The fraction of sp³-hybridized carbons (Fsp3) is 0.350. The zero-order chi connectivity index (χ0) is 40.1. The summed E-state index contributed by atoms with van der Waals surface area (Å²) in [6, 6.07) is 23.7. The van der Waals surface area contributed by atoms with Crippen molar-refractivity contribution in [2.45, 2.75) is 77.7 Å². The molecular formula is C40H45Cl3F4N4O2Si2. The Labute approximate surface area is 336 Å². The van der Waals surface area contributed by atoms with E-state index in [0.717, 1.165) is 17.5 Å². The van der Waals surface area contributed by atoms with Crippen LogP contribution in [0.5, 0.6) is 0 Å². The third-order valence-electron chi connectivity index (χ3n) is 8.88. The minimum atomic E-state index is -2.62. The largest absolute Gasteiger partial charge is 0.361 e. The number of fused-ring (bicyclic) bond motifs is 2. The highest BCUT2D eigenvalue weighted by Gasteiger charge is 2.24. The van der Waals surface area contributed by atoms with Gasteiger partial charge in [0, 0.05) is 62.4 Å². The molecule has 0 atom stereocenters. The predicted molar refractivity (Wildman–Crippen MR) is 223 cm³/mol. The van der Waals surface area contributed by atoms with Gasteiger partial charge in [-0.15, -0.1) is 0 Å². The van der Waals surface area contributed by atoms with Crippen molar-refractivity contribution >= 4 is 73.0 Å². The molecule has 15 heteroatoms. The van der Waals surface area contributed by atoms with Crippen LogP contribution in [0.3, 0.4) is 0 Å². The second-order valence-electron chi connectivity index (χ2n) is 15.6. The highest BCUT2D eigenvalue weighted by atomic mass is 35.5. The molecule has 0 radical (unpaired) electrons. The molecule has 6 nitrogen and oxygen atoms in total. The predicted octanol–water partition coefficient (Wildman–Crippen LogP) is 13.9. The highest BCUT2D eigenvalue weighted by Crippen LogP contribution is 2.41. The molecule has 0 fully saturated rings. The summed E-state index contributed by atoms with van der Waals surface area (Å²) in [7, 11) is -2.46. The molecule has 55 heavy (non-hydrogen) atoms. The van der Waals surface area contributed by atoms with Gasteiger partial charge in [0.15, 0.2) is 0 Å². The Balaban J connectivity index is 0.000000211. The van der Waals surface area contributed by atoms with E-state index in [9.17, 15) is 17.6 Å².